The zero-order chi connectivity index (χ0) is 18.4. The highest BCUT2D eigenvalue weighted by Crippen LogP contribution is 2.21. The minimum absolute atomic E-state index is 0.0900. The number of carbonyl (C=O) groups excluding carboxylic acids is 2. The van der Waals surface area contributed by atoms with E-state index in [4.69, 9.17) is 0 Å². The number of nitrogens with zero attached hydrogens (tertiary/aromatic N) is 1. The van der Waals surface area contributed by atoms with Gasteiger partial charge >= 0.3 is 0 Å². The minimum atomic E-state index is -0.350. The number of nitrogens with one attached hydrogen (secondary N) is 1. The molecule has 1 heterocycles. The van der Waals surface area contributed by atoms with Gasteiger partial charge in [0.15, 0.2) is 0 Å². The fourth-order valence-electron chi connectivity index (χ4n) is 4.07. The van der Waals surface area contributed by atoms with Crippen LogP contribution in [-0.2, 0) is 4.79 Å². The average molecular weight is 360 g/mol. The number of piperidine rings is 1. The molecule has 1 atom stereocenters. The first-order chi connectivity index (χ1) is 12.6. The summed E-state index contributed by atoms with van der Waals surface area (Å²) < 4.78 is 13.1. The summed E-state index contributed by atoms with van der Waals surface area (Å²) in [6.07, 6.45) is 9.99. The van der Waals surface area contributed by atoms with Gasteiger partial charge in [-0.15, -0.1) is 0 Å². The lowest BCUT2D eigenvalue weighted by Gasteiger charge is -2.33. The van der Waals surface area contributed by atoms with Crippen molar-refractivity contribution in [1.82, 2.24) is 10.2 Å². The van der Waals surface area contributed by atoms with Crippen LogP contribution in [0.1, 0.15) is 68.1 Å². The van der Waals surface area contributed by atoms with Crippen LogP contribution in [0.5, 0.6) is 0 Å². The molecule has 0 bridgehead atoms. The van der Waals surface area contributed by atoms with Crippen LogP contribution in [0.2, 0.25) is 0 Å². The predicted octanol–water partition coefficient (Wildman–Crippen LogP) is 3.91. The Hall–Kier alpha value is -1.91. The summed E-state index contributed by atoms with van der Waals surface area (Å²) in [7, 11) is 0. The third-order valence-electron chi connectivity index (χ3n) is 5.62. The van der Waals surface area contributed by atoms with Crippen molar-refractivity contribution in [2.24, 2.45) is 5.92 Å². The number of likely N-dealkylation sites (tertiary alicyclic amines) is 1. The third-order valence-corrected chi connectivity index (χ3v) is 5.62. The van der Waals surface area contributed by atoms with Crippen LogP contribution in [0.3, 0.4) is 0 Å². The summed E-state index contributed by atoms with van der Waals surface area (Å²) in [5, 5.41) is 3.24. The lowest BCUT2D eigenvalue weighted by atomic mass is 9.93. The van der Waals surface area contributed by atoms with Crippen molar-refractivity contribution in [3.63, 3.8) is 0 Å². The number of carbonyl (C=O) groups is 2. The van der Waals surface area contributed by atoms with Crippen molar-refractivity contribution < 1.29 is 14.0 Å². The molecule has 0 radical (unpaired) electrons. The van der Waals surface area contributed by atoms with Gasteiger partial charge in [-0.2, -0.15) is 0 Å². The molecule has 1 saturated carbocycles. The van der Waals surface area contributed by atoms with Crippen molar-refractivity contribution >= 4 is 11.8 Å². The summed E-state index contributed by atoms with van der Waals surface area (Å²) in [4.78, 5) is 27.1. The van der Waals surface area contributed by atoms with Crippen LogP contribution in [0.15, 0.2) is 24.3 Å². The third kappa shape index (κ3) is 5.05. The highest BCUT2D eigenvalue weighted by atomic mass is 19.1. The Balaban J connectivity index is 1.55. The van der Waals surface area contributed by atoms with E-state index in [0.717, 1.165) is 25.7 Å². The molecule has 0 aromatic heterocycles. The molecule has 0 unspecified atom stereocenters. The van der Waals surface area contributed by atoms with E-state index in [1.807, 2.05) is 0 Å². The quantitative estimate of drug-likeness (QED) is 0.888. The van der Waals surface area contributed by atoms with E-state index in [-0.39, 0.29) is 29.6 Å². The Labute approximate surface area is 155 Å². The van der Waals surface area contributed by atoms with Gasteiger partial charge in [-0.3, -0.25) is 9.59 Å². The first-order valence-corrected chi connectivity index (χ1v) is 9.99. The molecule has 142 valence electrons. The second-order valence-corrected chi connectivity index (χ2v) is 7.65. The predicted molar refractivity (Wildman–Crippen MR) is 99.3 cm³/mol. The SMILES string of the molecule is O=C(NC1CCCCCCC1)[C@H]1CCCN(C(=O)c2ccc(F)cc2)C1. The second kappa shape index (κ2) is 9.15. The molecule has 1 aliphatic carbocycles. The Kier molecular flexibility index (Phi) is 6.64. The Morgan fingerprint density at radius 3 is 2.27 bits per heavy atom. The Morgan fingerprint density at radius 1 is 0.923 bits per heavy atom. The fraction of sp³-hybridized carbons (Fsp3) is 0.619. The highest BCUT2D eigenvalue weighted by Gasteiger charge is 2.30. The van der Waals surface area contributed by atoms with Gasteiger partial charge in [0.05, 0.1) is 5.92 Å². The number of hydrogen-bond acceptors (Lipinski definition) is 2. The normalized spacial score (nSPS) is 22.3. The molecule has 0 spiro atoms. The first-order valence-electron chi connectivity index (χ1n) is 9.99. The van der Waals surface area contributed by atoms with E-state index in [1.54, 1.807) is 4.90 Å². The van der Waals surface area contributed by atoms with Gasteiger partial charge in [-0.1, -0.05) is 32.1 Å². The van der Waals surface area contributed by atoms with E-state index in [2.05, 4.69) is 5.32 Å². The number of benzene rings is 1. The number of halogens is 1. The van der Waals surface area contributed by atoms with Crippen LogP contribution < -0.4 is 5.32 Å². The molecule has 26 heavy (non-hydrogen) atoms. The van der Waals surface area contributed by atoms with Crippen LogP contribution in [-0.4, -0.2) is 35.8 Å². The molecule has 5 heteroatoms. The zero-order valence-electron chi connectivity index (χ0n) is 15.4. The monoisotopic (exact) mass is 360 g/mol. The standard InChI is InChI=1S/C21H29FN2O2/c22-18-12-10-16(11-13-18)21(26)24-14-6-7-17(15-24)20(25)23-19-8-4-2-1-3-5-9-19/h10-13,17,19H,1-9,14-15H2,(H,23,25)/t17-/m0/s1. The molecule has 1 N–H and O–H groups in total. The van der Waals surface area contributed by atoms with E-state index < -0.39 is 0 Å². The van der Waals surface area contributed by atoms with E-state index in [0.29, 0.717) is 18.7 Å². The van der Waals surface area contributed by atoms with Crippen LogP contribution in [0, 0.1) is 11.7 Å². The largest absolute Gasteiger partial charge is 0.353 e. The maximum Gasteiger partial charge on any atom is 0.253 e. The molecule has 2 amide bonds. The summed E-state index contributed by atoms with van der Waals surface area (Å²) in [5.41, 5.74) is 0.479. The van der Waals surface area contributed by atoms with Crippen molar-refractivity contribution in [3.8, 4) is 0 Å². The minimum Gasteiger partial charge on any atom is -0.353 e. The van der Waals surface area contributed by atoms with Gasteiger partial charge in [-0.05, 0) is 49.9 Å². The van der Waals surface area contributed by atoms with Crippen LogP contribution in [0.4, 0.5) is 4.39 Å². The highest BCUT2D eigenvalue weighted by molar-refractivity contribution is 5.94. The topological polar surface area (TPSA) is 49.4 Å². The lowest BCUT2D eigenvalue weighted by Crippen LogP contribution is -2.47. The number of hydrogen-bond donors (Lipinski definition) is 1. The van der Waals surface area contributed by atoms with Gasteiger partial charge in [0.2, 0.25) is 5.91 Å². The zero-order valence-corrected chi connectivity index (χ0v) is 15.4. The van der Waals surface area contributed by atoms with Crippen molar-refractivity contribution in [2.45, 2.75) is 63.8 Å². The van der Waals surface area contributed by atoms with Gasteiger partial charge in [0.1, 0.15) is 5.82 Å². The molecule has 1 aromatic rings. The van der Waals surface area contributed by atoms with Crippen LogP contribution >= 0.6 is 0 Å². The maximum atomic E-state index is 13.1. The van der Waals surface area contributed by atoms with E-state index in [9.17, 15) is 14.0 Å². The van der Waals surface area contributed by atoms with Crippen molar-refractivity contribution in [1.29, 1.82) is 0 Å². The second-order valence-electron chi connectivity index (χ2n) is 7.65. The molecule has 2 fully saturated rings. The summed E-state index contributed by atoms with van der Waals surface area (Å²) in [5.74, 6) is -0.518. The van der Waals surface area contributed by atoms with Gasteiger partial charge in [0, 0.05) is 24.7 Å². The summed E-state index contributed by atoms with van der Waals surface area (Å²) in [6, 6.07) is 5.91. The Bertz CT molecular complexity index is 609. The molecule has 4 nitrogen and oxygen atoms in total. The maximum absolute atomic E-state index is 13.1. The summed E-state index contributed by atoms with van der Waals surface area (Å²) >= 11 is 0. The molecule has 2 aliphatic rings. The Morgan fingerprint density at radius 2 is 1.58 bits per heavy atom. The van der Waals surface area contributed by atoms with Crippen molar-refractivity contribution in [2.75, 3.05) is 13.1 Å². The lowest BCUT2D eigenvalue weighted by molar-refractivity contribution is -0.127. The fourth-order valence-corrected chi connectivity index (χ4v) is 4.07. The van der Waals surface area contributed by atoms with E-state index >= 15 is 0 Å². The molecular formula is C21H29FN2O2. The van der Waals surface area contributed by atoms with Gasteiger partial charge in [-0.25, -0.2) is 4.39 Å². The van der Waals surface area contributed by atoms with Crippen molar-refractivity contribution in [3.05, 3.63) is 35.6 Å². The van der Waals surface area contributed by atoms with Gasteiger partial charge in [0.25, 0.3) is 5.91 Å². The molecule has 3 rings (SSSR count). The molecular weight excluding hydrogens is 331 g/mol. The average Bonchev–Trinajstić information content (AvgIpc) is 2.64. The number of rotatable bonds is 3. The molecule has 1 aliphatic heterocycles. The summed E-state index contributed by atoms with van der Waals surface area (Å²) in [6.45, 7) is 1.11. The molecule has 1 saturated heterocycles. The van der Waals surface area contributed by atoms with Gasteiger partial charge < -0.3 is 10.2 Å². The van der Waals surface area contributed by atoms with Crippen LogP contribution in [0.25, 0.3) is 0 Å². The van der Waals surface area contributed by atoms with E-state index in [1.165, 1.54) is 56.4 Å². The number of amides is 2. The molecule has 1 aromatic carbocycles. The smallest absolute Gasteiger partial charge is 0.253 e. The first kappa shape index (κ1) is 18.9.